The third-order valence-corrected chi connectivity index (χ3v) is 2.90. The molecule has 1 aliphatic rings. The molecule has 0 saturated heterocycles. The molecule has 1 saturated carbocycles. The van der Waals surface area contributed by atoms with E-state index < -0.39 is 0 Å². The average molecular weight is 167 g/mol. The van der Waals surface area contributed by atoms with E-state index in [9.17, 15) is 0 Å². The molecule has 0 unspecified atom stereocenters. The fourth-order valence-electron chi connectivity index (χ4n) is 2.10. The van der Waals surface area contributed by atoms with Crippen LogP contribution in [0.1, 0.15) is 51.4 Å². The highest BCUT2D eigenvalue weighted by atomic mass is 14.7. The van der Waals surface area contributed by atoms with Crippen molar-refractivity contribution in [1.82, 2.24) is 0 Å². The molecule has 0 aromatic carbocycles. The third-order valence-electron chi connectivity index (χ3n) is 2.90. The zero-order valence-corrected chi connectivity index (χ0v) is 8.02. The summed E-state index contributed by atoms with van der Waals surface area (Å²) in [4.78, 5) is 0. The second kappa shape index (κ2) is 4.66. The van der Waals surface area contributed by atoms with Gasteiger partial charge in [0.15, 0.2) is 0 Å². The summed E-state index contributed by atoms with van der Waals surface area (Å²) < 4.78 is 0. The molecule has 0 aliphatic heterocycles. The Hall–Kier alpha value is -0.300. The fourth-order valence-corrected chi connectivity index (χ4v) is 2.10. The number of rotatable bonds is 2. The van der Waals surface area contributed by atoms with Gasteiger partial charge in [0.2, 0.25) is 0 Å². The Morgan fingerprint density at radius 3 is 2.08 bits per heavy atom. The second-order valence-corrected chi connectivity index (χ2v) is 4.12. The molecular weight excluding hydrogens is 146 g/mol. The van der Waals surface area contributed by atoms with Gasteiger partial charge in [-0.3, -0.25) is 0 Å². The third kappa shape index (κ3) is 2.98. The largest absolute Gasteiger partial charge is 0.325 e. The summed E-state index contributed by atoms with van der Waals surface area (Å²) in [6, 6.07) is 0. The van der Waals surface area contributed by atoms with E-state index in [1.165, 1.54) is 44.9 Å². The molecule has 2 N–H and O–H groups in total. The maximum atomic E-state index is 6.27. The van der Waals surface area contributed by atoms with Crippen LogP contribution >= 0.6 is 0 Å². The van der Waals surface area contributed by atoms with Gasteiger partial charge in [-0.1, -0.05) is 38.2 Å². The van der Waals surface area contributed by atoms with E-state index in [0.29, 0.717) is 0 Å². The Balaban J connectivity index is 2.41. The van der Waals surface area contributed by atoms with Crippen molar-refractivity contribution in [3.63, 3.8) is 0 Å². The molecule has 0 amide bonds. The van der Waals surface area contributed by atoms with Gasteiger partial charge in [0.1, 0.15) is 0 Å². The second-order valence-electron chi connectivity index (χ2n) is 4.12. The van der Waals surface area contributed by atoms with Crippen LogP contribution in [0.2, 0.25) is 0 Å². The van der Waals surface area contributed by atoms with Crippen molar-refractivity contribution in [1.29, 1.82) is 0 Å². The van der Waals surface area contributed by atoms with Crippen molar-refractivity contribution in [3.05, 3.63) is 12.7 Å². The normalized spacial score (nSPS) is 24.1. The highest BCUT2D eigenvalue weighted by Gasteiger charge is 2.23. The lowest BCUT2D eigenvalue weighted by Crippen LogP contribution is -2.39. The molecule has 70 valence electrons. The van der Waals surface area contributed by atoms with E-state index >= 15 is 0 Å². The smallest absolute Gasteiger partial charge is 0.0189 e. The van der Waals surface area contributed by atoms with Crippen LogP contribution in [0.3, 0.4) is 0 Å². The molecule has 12 heavy (non-hydrogen) atoms. The molecule has 0 radical (unpaired) electrons. The van der Waals surface area contributed by atoms with Gasteiger partial charge in [0.25, 0.3) is 0 Å². The van der Waals surface area contributed by atoms with Gasteiger partial charge >= 0.3 is 0 Å². The Kier molecular flexibility index (Phi) is 3.80. The molecule has 0 aromatic heterocycles. The fraction of sp³-hybridized carbons (Fsp3) is 0.818. The van der Waals surface area contributed by atoms with Gasteiger partial charge < -0.3 is 5.73 Å². The Morgan fingerprint density at radius 1 is 1.08 bits per heavy atom. The summed E-state index contributed by atoms with van der Waals surface area (Å²) in [5.74, 6) is 0. The molecule has 1 heteroatoms. The van der Waals surface area contributed by atoms with Gasteiger partial charge in [0, 0.05) is 5.54 Å². The maximum absolute atomic E-state index is 6.27. The van der Waals surface area contributed by atoms with Crippen LogP contribution in [-0.4, -0.2) is 5.54 Å². The Morgan fingerprint density at radius 2 is 1.58 bits per heavy atom. The first-order valence-corrected chi connectivity index (χ1v) is 5.17. The summed E-state index contributed by atoms with van der Waals surface area (Å²) in [5.41, 5.74) is 6.35. The number of hydrogen-bond acceptors (Lipinski definition) is 1. The standard InChI is InChI=1S/C11H21N/c1-2-8-11(12)9-6-4-3-5-7-10-11/h2H,1,3-10,12H2. The monoisotopic (exact) mass is 167 g/mol. The van der Waals surface area contributed by atoms with E-state index in [0.717, 1.165) is 6.42 Å². The highest BCUT2D eigenvalue weighted by molar-refractivity contribution is 4.91. The lowest BCUT2D eigenvalue weighted by Gasteiger charge is -2.30. The van der Waals surface area contributed by atoms with E-state index in [1.807, 2.05) is 6.08 Å². The number of nitrogens with two attached hydrogens (primary N) is 1. The Labute approximate surface area is 76.0 Å². The van der Waals surface area contributed by atoms with Crippen molar-refractivity contribution in [2.45, 2.75) is 56.9 Å². The quantitative estimate of drug-likeness (QED) is 0.629. The van der Waals surface area contributed by atoms with Gasteiger partial charge in [-0.25, -0.2) is 0 Å². The highest BCUT2D eigenvalue weighted by Crippen LogP contribution is 2.26. The molecule has 1 aliphatic carbocycles. The molecule has 0 aromatic rings. The van der Waals surface area contributed by atoms with Crippen LogP contribution in [0.5, 0.6) is 0 Å². The number of hydrogen-bond donors (Lipinski definition) is 1. The first-order valence-electron chi connectivity index (χ1n) is 5.17. The van der Waals surface area contributed by atoms with E-state index in [-0.39, 0.29) is 5.54 Å². The summed E-state index contributed by atoms with van der Waals surface area (Å²) in [6.07, 6.45) is 12.1. The lowest BCUT2D eigenvalue weighted by atomic mass is 9.82. The van der Waals surface area contributed by atoms with Crippen molar-refractivity contribution >= 4 is 0 Å². The van der Waals surface area contributed by atoms with E-state index in [4.69, 9.17) is 5.73 Å². The summed E-state index contributed by atoms with van der Waals surface area (Å²) >= 11 is 0. The molecule has 0 heterocycles. The maximum Gasteiger partial charge on any atom is 0.0189 e. The molecule has 1 nitrogen and oxygen atoms in total. The molecule has 0 spiro atoms. The zero-order valence-electron chi connectivity index (χ0n) is 8.02. The SMILES string of the molecule is C=CCC1(N)CCCCCCC1. The predicted octanol–water partition coefficient (Wildman–Crippen LogP) is 3.00. The summed E-state index contributed by atoms with van der Waals surface area (Å²) in [6.45, 7) is 3.77. The van der Waals surface area contributed by atoms with Crippen LogP contribution in [0, 0.1) is 0 Å². The predicted molar refractivity (Wildman–Crippen MR) is 54.1 cm³/mol. The van der Waals surface area contributed by atoms with Gasteiger partial charge in [0.05, 0.1) is 0 Å². The van der Waals surface area contributed by atoms with Crippen LogP contribution in [0.15, 0.2) is 12.7 Å². The van der Waals surface area contributed by atoms with Crippen LogP contribution in [0.4, 0.5) is 0 Å². The first-order chi connectivity index (χ1) is 5.77. The van der Waals surface area contributed by atoms with Crippen LogP contribution in [0.25, 0.3) is 0 Å². The van der Waals surface area contributed by atoms with Gasteiger partial charge in [-0.05, 0) is 19.3 Å². The van der Waals surface area contributed by atoms with E-state index in [1.54, 1.807) is 0 Å². The minimum atomic E-state index is 0.0855. The first kappa shape index (κ1) is 9.79. The minimum Gasteiger partial charge on any atom is -0.325 e. The van der Waals surface area contributed by atoms with Crippen LogP contribution in [-0.2, 0) is 0 Å². The van der Waals surface area contributed by atoms with Crippen LogP contribution < -0.4 is 5.73 Å². The minimum absolute atomic E-state index is 0.0855. The van der Waals surface area contributed by atoms with Crippen molar-refractivity contribution in [2.24, 2.45) is 5.73 Å². The van der Waals surface area contributed by atoms with Gasteiger partial charge in [-0.2, -0.15) is 0 Å². The molecule has 0 atom stereocenters. The topological polar surface area (TPSA) is 26.0 Å². The van der Waals surface area contributed by atoms with E-state index in [2.05, 4.69) is 6.58 Å². The lowest BCUT2D eigenvalue weighted by molar-refractivity contribution is 0.319. The van der Waals surface area contributed by atoms with Crippen molar-refractivity contribution < 1.29 is 0 Å². The molecule has 1 fully saturated rings. The molecular formula is C11H21N. The zero-order chi connectivity index (χ0) is 8.86. The Bertz CT molecular complexity index is 132. The van der Waals surface area contributed by atoms with Crippen molar-refractivity contribution in [3.8, 4) is 0 Å². The summed E-state index contributed by atoms with van der Waals surface area (Å²) in [7, 11) is 0. The molecule has 0 bridgehead atoms. The van der Waals surface area contributed by atoms with Gasteiger partial charge in [-0.15, -0.1) is 6.58 Å². The van der Waals surface area contributed by atoms with Crippen molar-refractivity contribution in [2.75, 3.05) is 0 Å². The molecule has 1 rings (SSSR count). The average Bonchev–Trinajstić information content (AvgIpc) is 1.99. The summed E-state index contributed by atoms with van der Waals surface area (Å²) in [5, 5.41) is 0.